The van der Waals surface area contributed by atoms with E-state index in [9.17, 15) is 33.9 Å². The Labute approximate surface area is 755 Å². The molecule has 29 heteroatoms. The van der Waals surface area contributed by atoms with Gasteiger partial charge in [0.25, 0.3) is 5.91 Å². The van der Waals surface area contributed by atoms with Crippen molar-refractivity contribution in [2.75, 3.05) is 217 Å². The molecule has 27 nitrogen and oxygen atoms in total. The van der Waals surface area contributed by atoms with Crippen LogP contribution in [0.1, 0.15) is 274 Å². The van der Waals surface area contributed by atoms with Crippen LogP contribution < -0.4 is 26.6 Å². The molecule has 3 rings (SSSR count). The molecule has 716 valence electrons. The second-order valence-electron chi connectivity index (χ2n) is 32.6. The molecular formula is C95H166Cl2N6O21. The molecule has 1 aliphatic rings. The van der Waals surface area contributed by atoms with Gasteiger partial charge in [0, 0.05) is 70.3 Å². The van der Waals surface area contributed by atoms with Crippen LogP contribution in [0.25, 0.3) is 0 Å². The highest BCUT2D eigenvalue weighted by Crippen LogP contribution is 2.41. The first-order chi connectivity index (χ1) is 60.7. The summed E-state index contributed by atoms with van der Waals surface area (Å²) >= 11 is 12.4. The third-order valence-electron chi connectivity index (χ3n) is 22.0. The minimum absolute atomic E-state index is 0.00131. The maximum absolute atomic E-state index is 13.7. The van der Waals surface area contributed by atoms with Crippen molar-refractivity contribution in [2.45, 2.75) is 282 Å². The third kappa shape index (κ3) is 64.1. The van der Waals surface area contributed by atoms with Crippen LogP contribution >= 0.6 is 23.2 Å². The Morgan fingerprint density at radius 2 is 0.766 bits per heavy atom. The molecule has 3 atom stereocenters. The number of ether oxygens (including phenoxy) is 14. The first-order valence-electron chi connectivity index (χ1n) is 47.6. The lowest BCUT2D eigenvalue weighted by molar-refractivity contribution is -0.144. The number of carboxylic acid groups (broad SMARTS) is 1. The van der Waals surface area contributed by atoms with E-state index in [-0.39, 0.29) is 90.2 Å². The van der Waals surface area contributed by atoms with Crippen LogP contribution in [0.3, 0.4) is 0 Å². The van der Waals surface area contributed by atoms with Gasteiger partial charge in [-0.05, 0) is 88.9 Å². The maximum Gasteiger partial charge on any atom is 0.326 e. The first kappa shape index (κ1) is 113. The Bertz CT molecular complexity index is 2870. The van der Waals surface area contributed by atoms with Crippen LogP contribution in [0, 0.1) is 5.41 Å². The monoisotopic (exact) mass is 1800 g/mol. The molecular weight excluding hydrogens is 1630 g/mol. The van der Waals surface area contributed by atoms with Gasteiger partial charge >= 0.3 is 5.97 Å². The quantitative estimate of drug-likeness (QED) is 0.0335. The van der Waals surface area contributed by atoms with Crippen molar-refractivity contribution in [1.82, 2.24) is 26.2 Å². The molecule has 1 aliphatic carbocycles. The summed E-state index contributed by atoms with van der Waals surface area (Å²) in [5.74, 6) is -2.52. The zero-order valence-electron chi connectivity index (χ0n) is 76.9. The van der Waals surface area contributed by atoms with Crippen molar-refractivity contribution in [2.24, 2.45) is 5.41 Å². The van der Waals surface area contributed by atoms with Gasteiger partial charge in [-0.25, -0.2) is 4.79 Å². The molecule has 5 amide bonds. The Kier molecular flexibility index (Phi) is 74.5. The Hall–Kier alpha value is -4.76. The highest BCUT2D eigenvalue weighted by molar-refractivity contribution is 6.40. The van der Waals surface area contributed by atoms with Crippen LogP contribution in [0.15, 0.2) is 42.5 Å². The second-order valence-corrected chi connectivity index (χ2v) is 33.4. The number of benzene rings is 2. The molecule has 2 aromatic rings. The molecule has 0 aromatic heterocycles. The lowest BCUT2D eigenvalue weighted by atomic mass is 9.81. The number of halogens is 2. The number of carbonyl (C=O) groups is 6. The van der Waals surface area contributed by atoms with E-state index >= 15 is 0 Å². The fraction of sp³-hybridized carbons (Fsp3) is 0.811. The van der Waals surface area contributed by atoms with E-state index < -0.39 is 23.3 Å². The minimum Gasteiger partial charge on any atom is -0.480 e. The molecule has 0 heterocycles. The smallest absolute Gasteiger partial charge is 0.326 e. The van der Waals surface area contributed by atoms with Gasteiger partial charge in [-0.15, -0.1) is 0 Å². The lowest BCUT2D eigenvalue weighted by Crippen LogP contribution is -2.49. The Morgan fingerprint density at radius 1 is 0.411 bits per heavy atom. The zero-order valence-corrected chi connectivity index (χ0v) is 78.4. The zero-order chi connectivity index (χ0) is 89.3. The van der Waals surface area contributed by atoms with Gasteiger partial charge in [-0.1, -0.05) is 235 Å². The van der Waals surface area contributed by atoms with Crippen molar-refractivity contribution in [3.05, 3.63) is 63.6 Å². The van der Waals surface area contributed by atoms with Crippen LogP contribution in [-0.4, -0.2) is 276 Å². The van der Waals surface area contributed by atoms with Gasteiger partial charge in [0.15, 0.2) is 0 Å². The summed E-state index contributed by atoms with van der Waals surface area (Å²) in [5, 5.41) is 24.8. The Morgan fingerprint density at radius 3 is 1.16 bits per heavy atom. The predicted octanol–water partition coefficient (Wildman–Crippen LogP) is 16.1. The molecule has 2 unspecified atom stereocenters. The molecule has 2 aromatic carbocycles. The van der Waals surface area contributed by atoms with Gasteiger partial charge < -0.3 is 103 Å². The van der Waals surface area contributed by atoms with E-state index in [1.807, 2.05) is 0 Å². The minimum atomic E-state index is -1.18. The largest absolute Gasteiger partial charge is 0.480 e. The summed E-state index contributed by atoms with van der Waals surface area (Å²) in [4.78, 5) is 79.1. The summed E-state index contributed by atoms with van der Waals surface area (Å²) in [6.07, 6.45) is 42.7. The fourth-order valence-electron chi connectivity index (χ4n) is 14.5. The number of carboxylic acids is 1. The fourth-order valence-corrected chi connectivity index (χ4v) is 15.1. The predicted molar refractivity (Wildman–Crippen MR) is 490 cm³/mol. The van der Waals surface area contributed by atoms with E-state index in [4.69, 9.17) is 89.5 Å². The summed E-state index contributed by atoms with van der Waals surface area (Å²) in [6.45, 7) is 17.6. The normalized spacial score (nSPS) is 13.3. The standard InChI is InChI=1S/C95H166Cl2N6O21/c1-5-7-9-11-13-15-17-19-21-23-25-27-29-33-52-123-80-84(124-53-34-30-28-26-24-22-20-18-16-14-12-10-8-6-2)79-83(103(3)4)44-49-98-88(104)42-43-89(105)100-51-55-112-57-59-114-61-63-116-65-67-118-69-71-120-73-75-122-77-76-121-74-72-119-70-68-117-66-64-115-62-60-113-58-56-111-54-45-90(106)99-50-48-95(46-31-32-47-95)94(110)102-87(93(108)109)78-81-38-40-82(41-39-81)101-92(107)91-85(96)36-35-37-86(91)97/h35-41,83-84,87H,5-34,42-80H2,1-4H3,(H,98,104)(H,99,106)(H,100,105)(H,101,107)(H,102,110)(H,108,109)/t83?,84?,87-/m0/s1. The van der Waals surface area contributed by atoms with E-state index in [0.29, 0.717) is 202 Å². The van der Waals surface area contributed by atoms with Gasteiger partial charge in [0.2, 0.25) is 23.6 Å². The Balaban J connectivity index is 1.04. The number of carbonyl (C=O) groups excluding carboxylic acids is 5. The highest BCUT2D eigenvalue weighted by Gasteiger charge is 2.42. The summed E-state index contributed by atoms with van der Waals surface area (Å²) in [5.41, 5.74) is 0.454. The van der Waals surface area contributed by atoms with Gasteiger partial charge in [-0.3, -0.25) is 24.0 Å². The number of nitrogens with one attached hydrogen (secondary N) is 5. The third-order valence-corrected chi connectivity index (χ3v) is 22.6. The van der Waals surface area contributed by atoms with Crippen LogP contribution in [0.4, 0.5) is 5.69 Å². The van der Waals surface area contributed by atoms with E-state index in [0.717, 1.165) is 51.7 Å². The molecule has 0 bridgehead atoms. The highest BCUT2D eigenvalue weighted by atomic mass is 35.5. The van der Waals surface area contributed by atoms with Crippen molar-refractivity contribution in [3.63, 3.8) is 0 Å². The van der Waals surface area contributed by atoms with E-state index in [2.05, 4.69) is 59.4 Å². The van der Waals surface area contributed by atoms with E-state index in [1.54, 1.807) is 42.5 Å². The number of nitrogens with zero attached hydrogens (tertiary/aromatic N) is 1. The SMILES string of the molecule is CCCCCCCCCCCCCCCCOCC(CC(CCNC(=O)CCC(=O)NCCOCCOCCOCCOCCOCCOCCOCCOCCOCCOCCOCCOCCC(=O)NCCC1(C(=O)N[C@@H](Cc2ccc(NC(=O)c3c(Cl)cccc3Cl)cc2)C(=O)O)CCCC1)N(C)C)OCCCCCCCCCCCCCCCC. The number of anilines is 1. The number of unbranched alkanes of at least 4 members (excludes halogenated alkanes) is 26. The number of hydrogen-bond donors (Lipinski definition) is 6. The molecule has 1 fully saturated rings. The van der Waals surface area contributed by atoms with Crippen LogP contribution in [0.2, 0.25) is 10.0 Å². The average molecular weight is 1800 g/mol. The van der Waals surface area contributed by atoms with E-state index in [1.165, 1.54) is 167 Å². The average Bonchev–Trinajstić information content (AvgIpc) is 1.72. The van der Waals surface area contributed by atoms with Crippen molar-refractivity contribution in [3.8, 4) is 0 Å². The van der Waals surface area contributed by atoms with Crippen LogP contribution in [0.5, 0.6) is 0 Å². The molecule has 0 aliphatic heterocycles. The molecule has 0 radical (unpaired) electrons. The maximum atomic E-state index is 13.7. The van der Waals surface area contributed by atoms with Gasteiger partial charge in [0.1, 0.15) is 6.04 Å². The number of aliphatic carboxylic acids is 1. The summed E-state index contributed by atoms with van der Waals surface area (Å²) in [7, 11) is 4.19. The summed E-state index contributed by atoms with van der Waals surface area (Å²) in [6, 6.07) is 10.4. The molecule has 0 saturated heterocycles. The van der Waals surface area contributed by atoms with Crippen LogP contribution in [-0.2, 0) is 96.7 Å². The van der Waals surface area contributed by atoms with Crippen molar-refractivity contribution in [1.29, 1.82) is 0 Å². The molecule has 1 saturated carbocycles. The molecule has 124 heavy (non-hydrogen) atoms. The summed E-state index contributed by atoms with van der Waals surface area (Å²) < 4.78 is 79.8. The number of amides is 5. The first-order valence-corrected chi connectivity index (χ1v) is 48.4. The topological polar surface area (TPSA) is 315 Å². The van der Waals surface area contributed by atoms with Crippen molar-refractivity contribution >= 4 is 64.4 Å². The van der Waals surface area contributed by atoms with Gasteiger partial charge in [-0.2, -0.15) is 0 Å². The molecule has 0 spiro atoms. The lowest BCUT2D eigenvalue weighted by Gasteiger charge is -2.29. The number of rotatable bonds is 91. The number of hydrogen-bond acceptors (Lipinski definition) is 21. The second kappa shape index (κ2) is 81.5. The molecule has 6 N–H and O–H groups in total. The van der Waals surface area contributed by atoms with Crippen molar-refractivity contribution < 1.29 is 100 Å². The van der Waals surface area contributed by atoms with Gasteiger partial charge in [0.05, 0.1) is 192 Å².